The molecule has 2 aromatic carbocycles. The molecule has 202 valence electrons. The lowest BCUT2D eigenvalue weighted by molar-refractivity contribution is 0.0312. The highest BCUT2D eigenvalue weighted by molar-refractivity contribution is 5.49. The summed E-state index contributed by atoms with van der Waals surface area (Å²) in [5.41, 5.74) is 12.2. The zero-order valence-electron chi connectivity index (χ0n) is 25.9. The van der Waals surface area contributed by atoms with Gasteiger partial charge >= 0.3 is 0 Å². The average molecular weight is 494 g/mol. The standard InChI is InChI=1S/C34H55NO/c1-15-22(2)29(35)34(36,27-18-23(30(3,4)5)16-24(19-27)31(6,7)8)28-20-25(32(9,10)11)17-26(21-28)33(12,13)14/h16-22,29,36H,15,35H2,1-14H3. The Labute approximate surface area is 223 Å². The normalized spacial score (nSPS) is 15.7. The van der Waals surface area contributed by atoms with E-state index in [9.17, 15) is 5.11 Å². The minimum Gasteiger partial charge on any atom is -0.379 e. The molecule has 0 aliphatic carbocycles. The molecule has 0 saturated heterocycles. The molecule has 3 N–H and O–H groups in total. The van der Waals surface area contributed by atoms with Crippen molar-refractivity contribution in [2.75, 3.05) is 0 Å². The van der Waals surface area contributed by atoms with Gasteiger partial charge in [-0.05, 0) is 61.0 Å². The van der Waals surface area contributed by atoms with Crippen molar-refractivity contribution in [3.63, 3.8) is 0 Å². The van der Waals surface area contributed by atoms with Gasteiger partial charge in [-0.2, -0.15) is 0 Å². The van der Waals surface area contributed by atoms with Crippen LogP contribution in [-0.2, 0) is 27.3 Å². The van der Waals surface area contributed by atoms with Crippen LogP contribution in [0.4, 0.5) is 0 Å². The van der Waals surface area contributed by atoms with Crippen LogP contribution in [0.15, 0.2) is 36.4 Å². The van der Waals surface area contributed by atoms with Crippen molar-refractivity contribution in [2.45, 2.75) is 137 Å². The van der Waals surface area contributed by atoms with Gasteiger partial charge in [-0.25, -0.2) is 0 Å². The molecule has 2 unspecified atom stereocenters. The molecule has 2 heteroatoms. The van der Waals surface area contributed by atoms with Crippen molar-refractivity contribution in [3.05, 3.63) is 69.8 Å². The minimum absolute atomic E-state index is 0.0543. The highest BCUT2D eigenvalue weighted by atomic mass is 16.3. The van der Waals surface area contributed by atoms with E-state index in [2.05, 4.69) is 133 Å². The first kappa shape index (κ1) is 30.6. The topological polar surface area (TPSA) is 46.2 Å². The number of hydrogen-bond acceptors (Lipinski definition) is 2. The number of aliphatic hydroxyl groups is 1. The Morgan fingerprint density at radius 2 is 0.778 bits per heavy atom. The molecule has 36 heavy (non-hydrogen) atoms. The molecule has 2 nitrogen and oxygen atoms in total. The molecular weight excluding hydrogens is 438 g/mol. The van der Waals surface area contributed by atoms with Crippen molar-refractivity contribution >= 4 is 0 Å². The first-order chi connectivity index (χ1) is 16.0. The Balaban J connectivity index is 3.07. The van der Waals surface area contributed by atoms with E-state index in [0.29, 0.717) is 0 Å². The van der Waals surface area contributed by atoms with Gasteiger partial charge in [-0.3, -0.25) is 0 Å². The monoisotopic (exact) mass is 493 g/mol. The number of nitrogens with two attached hydrogens (primary N) is 1. The van der Waals surface area contributed by atoms with Crippen LogP contribution in [0.25, 0.3) is 0 Å². The molecule has 2 rings (SSSR count). The van der Waals surface area contributed by atoms with Gasteiger partial charge in [0.1, 0.15) is 5.60 Å². The van der Waals surface area contributed by atoms with Crippen LogP contribution in [0, 0.1) is 5.92 Å². The van der Waals surface area contributed by atoms with Gasteiger partial charge < -0.3 is 10.8 Å². The summed E-state index contributed by atoms with van der Waals surface area (Å²) < 4.78 is 0. The third-order valence-electron chi connectivity index (χ3n) is 7.95. The maximum Gasteiger partial charge on any atom is 0.130 e. The van der Waals surface area contributed by atoms with Crippen LogP contribution in [0.5, 0.6) is 0 Å². The molecule has 0 radical (unpaired) electrons. The van der Waals surface area contributed by atoms with Crippen LogP contribution in [0.1, 0.15) is 137 Å². The fourth-order valence-electron chi connectivity index (χ4n) is 4.64. The van der Waals surface area contributed by atoms with Crippen molar-refractivity contribution in [2.24, 2.45) is 11.7 Å². The predicted octanol–water partition coefficient (Wildman–Crippen LogP) is 8.49. The van der Waals surface area contributed by atoms with Crippen molar-refractivity contribution < 1.29 is 5.11 Å². The molecule has 0 fully saturated rings. The van der Waals surface area contributed by atoms with E-state index in [1.165, 1.54) is 22.3 Å². The largest absolute Gasteiger partial charge is 0.379 e. The summed E-state index contributed by atoms with van der Waals surface area (Å²) in [6.07, 6.45) is 0.902. The van der Waals surface area contributed by atoms with Gasteiger partial charge in [0.05, 0.1) is 0 Å². The molecule has 2 atom stereocenters. The van der Waals surface area contributed by atoms with Gasteiger partial charge in [0.25, 0.3) is 0 Å². The van der Waals surface area contributed by atoms with Gasteiger partial charge in [-0.1, -0.05) is 140 Å². The predicted molar refractivity (Wildman–Crippen MR) is 158 cm³/mol. The summed E-state index contributed by atoms with van der Waals surface area (Å²) in [5, 5.41) is 13.0. The molecule has 0 aromatic heterocycles. The van der Waals surface area contributed by atoms with E-state index in [0.717, 1.165) is 17.5 Å². The lowest BCUT2D eigenvalue weighted by Crippen LogP contribution is -2.50. The van der Waals surface area contributed by atoms with E-state index in [-0.39, 0.29) is 27.6 Å². The quantitative estimate of drug-likeness (QED) is 0.438. The highest BCUT2D eigenvalue weighted by Gasteiger charge is 2.43. The zero-order valence-corrected chi connectivity index (χ0v) is 25.9. The Kier molecular flexibility index (Phi) is 8.42. The van der Waals surface area contributed by atoms with Gasteiger partial charge in [0.2, 0.25) is 0 Å². The van der Waals surface area contributed by atoms with E-state index in [4.69, 9.17) is 5.73 Å². The van der Waals surface area contributed by atoms with E-state index in [1.807, 2.05) is 0 Å². The summed E-state index contributed by atoms with van der Waals surface area (Å²) >= 11 is 0. The lowest BCUT2D eigenvalue weighted by atomic mass is 9.69. The van der Waals surface area contributed by atoms with Gasteiger partial charge in [0, 0.05) is 6.04 Å². The molecule has 0 bridgehead atoms. The molecule has 0 amide bonds. The van der Waals surface area contributed by atoms with Crippen LogP contribution in [0.2, 0.25) is 0 Å². The third kappa shape index (κ3) is 6.43. The third-order valence-corrected chi connectivity index (χ3v) is 7.95. The summed E-state index contributed by atoms with van der Waals surface area (Å²) in [6.45, 7) is 31.2. The van der Waals surface area contributed by atoms with Crippen LogP contribution in [0.3, 0.4) is 0 Å². The smallest absolute Gasteiger partial charge is 0.130 e. The number of hydrogen-bond donors (Lipinski definition) is 2. The van der Waals surface area contributed by atoms with Gasteiger partial charge in [0.15, 0.2) is 0 Å². The Morgan fingerprint density at radius 3 is 0.972 bits per heavy atom. The molecule has 0 heterocycles. The first-order valence-corrected chi connectivity index (χ1v) is 13.8. The molecule has 2 aromatic rings. The summed E-state index contributed by atoms with van der Waals surface area (Å²) in [4.78, 5) is 0. The average Bonchev–Trinajstić information content (AvgIpc) is 2.74. The van der Waals surface area contributed by atoms with Crippen LogP contribution < -0.4 is 5.73 Å². The lowest BCUT2D eigenvalue weighted by Gasteiger charge is -2.41. The number of rotatable bonds is 5. The summed E-state index contributed by atoms with van der Waals surface area (Å²) in [5.74, 6) is 0.141. The zero-order chi connectivity index (χ0) is 28.1. The second-order valence-electron chi connectivity index (χ2n) is 15.3. The van der Waals surface area contributed by atoms with E-state index < -0.39 is 11.6 Å². The minimum atomic E-state index is -1.32. The van der Waals surface area contributed by atoms with Crippen LogP contribution >= 0.6 is 0 Å². The Bertz CT molecular complexity index is 911. The second-order valence-corrected chi connectivity index (χ2v) is 15.3. The van der Waals surface area contributed by atoms with Gasteiger partial charge in [-0.15, -0.1) is 0 Å². The highest BCUT2D eigenvalue weighted by Crippen LogP contribution is 2.43. The van der Waals surface area contributed by atoms with E-state index in [1.54, 1.807) is 0 Å². The fraction of sp³-hybridized carbons (Fsp3) is 0.647. The van der Waals surface area contributed by atoms with Crippen molar-refractivity contribution in [1.82, 2.24) is 0 Å². The molecular formula is C34H55NO. The first-order valence-electron chi connectivity index (χ1n) is 13.8. The number of benzene rings is 2. The Hall–Kier alpha value is -1.64. The molecule has 0 spiro atoms. The second kappa shape index (κ2) is 9.91. The SMILES string of the molecule is CCC(C)C(N)C(O)(c1cc(C(C)(C)C)cc(C(C)(C)C)c1)c1cc(C(C)(C)C)cc(C(C)(C)C)c1. The van der Waals surface area contributed by atoms with Crippen molar-refractivity contribution in [1.29, 1.82) is 0 Å². The maximum absolute atomic E-state index is 13.0. The summed E-state index contributed by atoms with van der Waals surface area (Å²) in [6, 6.07) is 13.0. The van der Waals surface area contributed by atoms with Crippen molar-refractivity contribution in [3.8, 4) is 0 Å². The molecule has 0 aliphatic heterocycles. The maximum atomic E-state index is 13.0. The molecule has 0 aliphatic rings. The van der Waals surface area contributed by atoms with E-state index >= 15 is 0 Å². The molecule has 0 saturated carbocycles. The van der Waals surface area contributed by atoms with Crippen LogP contribution in [-0.4, -0.2) is 11.1 Å². The fourth-order valence-corrected chi connectivity index (χ4v) is 4.64. The Morgan fingerprint density at radius 1 is 0.556 bits per heavy atom. The summed E-state index contributed by atoms with van der Waals surface area (Å²) in [7, 11) is 0.